The van der Waals surface area contributed by atoms with Crippen LogP contribution in [0.15, 0.2) is 9.42 Å². The molecule has 7 heteroatoms. The van der Waals surface area contributed by atoms with Crippen molar-refractivity contribution >= 4 is 10.0 Å². The molecule has 0 radical (unpaired) electrons. The molecule has 2 unspecified atom stereocenters. The predicted octanol–water partition coefficient (Wildman–Crippen LogP) is 0.568. The molecule has 1 fully saturated rings. The van der Waals surface area contributed by atoms with Gasteiger partial charge in [-0.2, -0.15) is 0 Å². The molecule has 0 saturated carbocycles. The fraction of sp³-hybridized carbons (Fsp3) is 0.727. The molecule has 2 N–H and O–H groups in total. The fourth-order valence-corrected chi connectivity index (χ4v) is 4.01. The van der Waals surface area contributed by atoms with E-state index in [2.05, 4.69) is 15.2 Å². The maximum atomic E-state index is 12.3. The summed E-state index contributed by atoms with van der Waals surface area (Å²) < 4.78 is 32.3. The Bertz CT molecular complexity index is 504. The minimum Gasteiger partial charge on any atom is -0.360 e. The monoisotopic (exact) mass is 273 g/mol. The van der Waals surface area contributed by atoms with Crippen molar-refractivity contribution in [3.05, 3.63) is 11.5 Å². The Hall–Kier alpha value is -0.920. The summed E-state index contributed by atoms with van der Waals surface area (Å²) in [5.74, 6) is 0.607. The summed E-state index contributed by atoms with van der Waals surface area (Å²) in [4.78, 5) is 0.174. The Morgan fingerprint density at radius 3 is 2.72 bits per heavy atom. The van der Waals surface area contributed by atoms with E-state index in [0.717, 1.165) is 19.5 Å². The SMILES string of the molecule is Cc1noc(C)c1S(=O)(=O)NC1CCNCC1C. The van der Waals surface area contributed by atoms with Crippen LogP contribution in [0.3, 0.4) is 0 Å². The van der Waals surface area contributed by atoms with E-state index in [-0.39, 0.29) is 16.9 Å². The summed E-state index contributed by atoms with van der Waals surface area (Å²) in [6.45, 7) is 6.94. The molecule has 1 aromatic heterocycles. The van der Waals surface area contributed by atoms with E-state index in [4.69, 9.17) is 4.52 Å². The van der Waals surface area contributed by atoms with Crippen LogP contribution >= 0.6 is 0 Å². The Morgan fingerprint density at radius 2 is 2.17 bits per heavy atom. The molecule has 0 aromatic carbocycles. The van der Waals surface area contributed by atoms with Crippen molar-refractivity contribution in [2.24, 2.45) is 5.92 Å². The van der Waals surface area contributed by atoms with E-state index in [1.54, 1.807) is 13.8 Å². The zero-order chi connectivity index (χ0) is 13.3. The Labute approximate surface area is 107 Å². The number of aromatic nitrogens is 1. The summed E-state index contributed by atoms with van der Waals surface area (Å²) in [5, 5.41) is 6.93. The fourth-order valence-electron chi connectivity index (χ4n) is 2.31. The van der Waals surface area contributed by atoms with Gasteiger partial charge in [0, 0.05) is 6.04 Å². The van der Waals surface area contributed by atoms with Crippen LogP contribution in [0.5, 0.6) is 0 Å². The highest BCUT2D eigenvalue weighted by atomic mass is 32.2. The lowest BCUT2D eigenvalue weighted by Crippen LogP contribution is -2.48. The lowest BCUT2D eigenvalue weighted by molar-refractivity contribution is 0.327. The van der Waals surface area contributed by atoms with Crippen molar-refractivity contribution in [3.8, 4) is 0 Å². The Morgan fingerprint density at radius 1 is 1.44 bits per heavy atom. The van der Waals surface area contributed by atoms with Crippen LogP contribution in [0.1, 0.15) is 24.8 Å². The average Bonchev–Trinajstić information content (AvgIpc) is 2.62. The van der Waals surface area contributed by atoms with Crippen molar-refractivity contribution in [2.45, 2.75) is 38.1 Å². The quantitative estimate of drug-likeness (QED) is 0.841. The smallest absolute Gasteiger partial charge is 0.246 e. The average molecular weight is 273 g/mol. The van der Waals surface area contributed by atoms with E-state index in [9.17, 15) is 8.42 Å². The number of nitrogens with zero attached hydrogens (tertiary/aromatic N) is 1. The van der Waals surface area contributed by atoms with Gasteiger partial charge in [-0.15, -0.1) is 0 Å². The Balaban J connectivity index is 2.22. The first-order valence-corrected chi connectivity index (χ1v) is 7.56. The van der Waals surface area contributed by atoms with Gasteiger partial charge in [-0.25, -0.2) is 13.1 Å². The standard InChI is InChI=1S/C11H19N3O3S/c1-7-6-12-5-4-10(7)14-18(15,16)11-8(2)13-17-9(11)3/h7,10,12,14H,4-6H2,1-3H3. The molecular weight excluding hydrogens is 254 g/mol. The van der Waals surface area contributed by atoms with E-state index >= 15 is 0 Å². The zero-order valence-electron chi connectivity index (χ0n) is 10.9. The first kappa shape index (κ1) is 13.5. The predicted molar refractivity (Wildman–Crippen MR) is 66.7 cm³/mol. The molecule has 2 heterocycles. The normalized spacial score (nSPS) is 25.3. The van der Waals surface area contributed by atoms with Crippen LogP contribution in [0.25, 0.3) is 0 Å². The van der Waals surface area contributed by atoms with Gasteiger partial charge in [0.15, 0.2) is 5.76 Å². The molecule has 1 aliphatic heterocycles. The molecule has 1 saturated heterocycles. The highest BCUT2D eigenvalue weighted by Crippen LogP contribution is 2.21. The second kappa shape index (κ2) is 4.99. The molecule has 0 amide bonds. The van der Waals surface area contributed by atoms with Crippen molar-refractivity contribution < 1.29 is 12.9 Å². The summed E-state index contributed by atoms with van der Waals surface area (Å²) in [6, 6.07) is -0.0371. The maximum absolute atomic E-state index is 12.3. The molecule has 1 aliphatic rings. The maximum Gasteiger partial charge on any atom is 0.246 e. The van der Waals surface area contributed by atoms with E-state index < -0.39 is 10.0 Å². The number of sulfonamides is 1. The van der Waals surface area contributed by atoms with Crippen LogP contribution in [-0.4, -0.2) is 32.7 Å². The Kier molecular flexibility index (Phi) is 3.74. The number of nitrogens with one attached hydrogen (secondary N) is 2. The first-order valence-electron chi connectivity index (χ1n) is 6.07. The number of hydrogen-bond acceptors (Lipinski definition) is 5. The van der Waals surface area contributed by atoms with Gasteiger partial charge in [-0.3, -0.25) is 0 Å². The molecule has 2 rings (SSSR count). The van der Waals surface area contributed by atoms with Crippen LogP contribution < -0.4 is 10.0 Å². The molecule has 102 valence electrons. The van der Waals surface area contributed by atoms with Gasteiger partial charge in [-0.05, 0) is 39.3 Å². The molecule has 0 bridgehead atoms. The van der Waals surface area contributed by atoms with Gasteiger partial charge < -0.3 is 9.84 Å². The number of aryl methyl sites for hydroxylation is 2. The number of hydrogen-bond donors (Lipinski definition) is 2. The number of rotatable bonds is 3. The molecule has 18 heavy (non-hydrogen) atoms. The van der Waals surface area contributed by atoms with E-state index in [0.29, 0.717) is 11.5 Å². The van der Waals surface area contributed by atoms with E-state index in [1.165, 1.54) is 0 Å². The summed E-state index contributed by atoms with van der Waals surface area (Å²) in [6.07, 6.45) is 0.795. The van der Waals surface area contributed by atoms with Crippen molar-refractivity contribution in [1.29, 1.82) is 0 Å². The van der Waals surface area contributed by atoms with Gasteiger partial charge in [0.05, 0.1) is 0 Å². The summed E-state index contributed by atoms with van der Waals surface area (Å²) in [7, 11) is -3.54. The summed E-state index contributed by atoms with van der Waals surface area (Å²) in [5.41, 5.74) is 0.404. The largest absolute Gasteiger partial charge is 0.360 e. The van der Waals surface area contributed by atoms with Gasteiger partial charge >= 0.3 is 0 Å². The first-order chi connectivity index (χ1) is 8.42. The third kappa shape index (κ3) is 2.57. The van der Waals surface area contributed by atoms with Gasteiger partial charge in [0.2, 0.25) is 10.0 Å². The summed E-state index contributed by atoms with van der Waals surface area (Å²) >= 11 is 0. The van der Waals surface area contributed by atoms with Gasteiger partial charge in [-0.1, -0.05) is 12.1 Å². The lowest BCUT2D eigenvalue weighted by atomic mass is 9.97. The number of piperidine rings is 1. The van der Waals surface area contributed by atoms with Gasteiger partial charge in [0.1, 0.15) is 10.6 Å². The third-order valence-electron chi connectivity index (χ3n) is 3.33. The molecule has 2 atom stereocenters. The highest BCUT2D eigenvalue weighted by molar-refractivity contribution is 7.89. The molecule has 0 aliphatic carbocycles. The minimum absolute atomic E-state index is 0.0371. The minimum atomic E-state index is -3.54. The van der Waals surface area contributed by atoms with Crippen LogP contribution in [0, 0.1) is 19.8 Å². The highest BCUT2D eigenvalue weighted by Gasteiger charge is 2.30. The molecule has 6 nitrogen and oxygen atoms in total. The van der Waals surface area contributed by atoms with Crippen molar-refractivity contribution in [3.63, 3.8) is 0 Å². The van der Waals surface area contributed by atoms with Crippen molar-refractivity contribution in [2.75, 3.05) is 13.1 Å². The second-order valence-electron chi connectivity index (χ2n) is 4.85. The lowest BCUT2D eigenvalue weighted by Gasteiger charge is -2.29. The molecular formula is C11H19N3O3S. The second-order valence-corrected chi connectivity index (χ2v) is 6.50. The third-order valence-corrected chi connectivity index (χ3v) is 5.06. The molecule has 0 spiro atoms. The molecule has 1 aromatic rings. The van der Waals surface area contributed by atoms with Gasteiger partial charge in [0.25, 0.3) is 0 Å². The van der Waals surface area contributed by atoms with E-state index in [1.807, 2.05) is 6.92 Å². The van der Waals surface area contributed by atoms with Crippen LogP contribution in [0.4, 0.5) is 0 Å². The van der Waals surface area contributed by atoms with Crippen LogP contribution in [-0.2, 0) is 10.0 Å². The van der Waals surface area contributed by atoms with Crippen LogP contribution in [0.2, 0.25) is 0 Å². The zero-order valence-corrected chi connectivity index (χ0v) is 11.7. The van der Waals surface area contributed by atoms with Crippen molar-refractivity contribution in [1.82, 2.24) is 15.2 Å². The topological polar surface area (TPSA) is 84.2 Å².